The molecule has 0 aliphatic rings. The lowest BCUT2D eigenvalue weighted by atomic mass is 10.0. The van der Waals surface area contributed by atoms with Crippen LogP contribution in [0.3, 0.4) is 0 Å². The van der Waals surface area contributed by atoms with Gasteiger partial charge in [0.2, 0.25) is 11.4 Å². The van der Waals surface area contributed by atoms with Crippen LogP contribution in [0.5, 0.6) is 0 Å². The number of aliphatic carboxylic acids is 1. The van der Waals surface area contributed by atoms with Gasteiger partial charge >= 0.3 is 17.0 Å². The molecule has 0 spiro atoms. The van der Waals surface area contributed by atoms with Gasteiger partial charge in [-0.2, -0.15) is 13.2 Å². The average molecular weight is 312 g/mol. The molecule has 2 N–H and O–H groups in total. The molecule has 1 aromatic heterocycles. The van der Waals surface area contributed by atoms with Crippen LogP contribution in [0.4, 0.5) is 13.2 Å². The third-order valence-electron chi connectivity index (χ3n) is 2.66. The molecule has 1 unspecified atom stereocenters. The molecule has 0 radical (unpaired) electrons. The average Bonchev–Trinajstić information content (AvgIpc) is 2.58. The van der Waals surface area contributed by atoms with Crippen molar-refractivity contribution in [3.63, 3.8) is 0 Å². The molecule has 112 valence electrons. The third-order valence-corrected chi connectivity index (χ3v) is 3.54. The Morgan fingerprint density at radius 2 is 2.00 bits per heavy atom. The number of thiazole rings is 1. The lowest BCUT2D eigenvalue weighted by Gasteiger charge is -2.28. The second-order valence-electron chi connectivity index (χ2n) is 4.21. The Labute approximate surface area is 114 Å². The van der Waals surface area contributed by atoms with Gasteiger partial charge in [-0.3, -0.25) is 14.2 Å². The monoisotopic (exact) mass is 312 g/mol. The highest BCUT2D eigenvalue weighted by molar-refractivity contribution is 7.07. The number of rotatable bonds is 4. The standard InChI is InChI=1S/C10H11F3N2O4S/c1-5-4-20-8(19)15(5)3-6(16)14-9(2,7(17)18)10(11,12)13/h4H,3H2,1-2H3,(H,14,16)(H,17,18). The van der Waals surface area contributed by atoms with Gasteiger partial charge in [0.25, 0.3) is 0 Å². The smallest absolute Gasteiger partial charge is 0.422 e. The summed E-state index contributed by atoms with van der Waals surface area (Å²) in [4.78, 5) is 33.1. The van der Waals surface area contributed by atoms with Crippen molar-refractivity contribution in [2.24, 2.45) is 0 Å². The van der Waals surface area contributed by atoms with Gasteiger partial charge in [0.15, 0.2) is 0 Å². The summed E-state index contributed by atoms with van der Waals surface area (Å²) in [5.41, 5.74) is -3.00. The molecule has 0 saturated carbocycles. The minimum absolute atomic E-state index is 0.344. The first-order valence-corrected chi connectivity index (χ1v) is 6.13. The van der Waals surface area contributed by atoms with Crippen LogP contribution in [-0.4, -0.2) is 33.3 Å². The quantitative estimate of drug-likeness (QED) is 0.858. The predicted molar refractivity (Wildman–Crippen MR) is 63.6 cm³/mol. The highest BCUT2D eigenvalue weighted by Gasteiger charge is 2.58. The first-order chi connectivity index (χ1) is 8.99. The first kappa shape index (κ1) is 16.2. The fourth-order valence-electron chi connectivity index (χ4n) is 1.30. The maximum Gasteiger partial charge on any atom is 0.422 e. The molecule has 6 nitrogen and oxygen atoms in total. The van der Waals surface area contributed by atoms with Gasteiger partial charge in [-0.15, -0.1) is 0 Å². The molecule has 10 heteroatoms. The van der Waals surface area contributed by atoms with Crippen LogP contribution in [0.2, 0.25) is 0 Å². The molecule has 20 heavy (non-hydrogen) atoms. The molecule has 0 fully saturated rings. The number of nitrogens with zero attached hydrogens (tertiary/aromatic N) is 1. The number of hydrogen-bond acceptors (Lipinski definition) is 4. The van der Waals surface area contributed by atoms with E-state index >= 15 is 0 Å². The Bertz CT molecular complexity index is 592. The molecule has 1 aromatic rings. The maximum atomic E-state index is 12.7. The number of carboxylic acids is 1. The molecule has 0 saturated heterocycles. The van der Waals surface area contributed by atoms with Gasteiger partial charge in [-0.05, 0) is 13.8 Å². The van der Waals surface area contributed by atoms with E-state index in [-0.39, 0.29) is 0 Å². The molecular formula is C10H11F3N2O4S. The van der Waals surface area contributed by atoms with Gasteiger partial charge in [0.05, 0.1) is 0 Å². The Hall–Kier alpha value is -1.84. The van der Waals surface area contributed by atoms with Crippen molar-refractivity contribution >= 4 is 23.2 Å². The van der Waals surface area contributed by atoms with E-state index in [1.165, 1.54) is 17.6 Å². The molecule has 1 atom stereocenters. The fourth-order valence-corrected chi connectivity index (χ4v) is 2.04. The number of aryl methyl sites for hydroxylation is 1. The SMILES string of the molecule is Cc1csc(=O)n1CC(=O)NC(C)(C(=O)O)C(F)(F)F. The molecule has 0 bridgehead atoms. The second kappa shape index (κ2) is 5.27. The second-order valence-corrected chi connectivity index (χ2v) is 5.03. The Balaban J connectivity index is 2.95. The predicted octanol–water partition coefficient (Wildman–Crippen LogP) is 0.740. The zero-order valence-corrected chi connectivity index (χ0v) is 11.3. The summed E-state index contributed by atoms with van der Waals surface area (Å²) in [6, 6.07) is 0. The largest absolute Gasteiger partial charge is 0.479 e. The fraction of sp³-hybridized carbons (Fsp3) is 0.500. The molecular weight excluding hydrogens is 301 g/mol. The van der Waals surface area contributed by atoms with E-state index in [4.69, 9.17) is 5.11 Å². The van der Waals surface area contributed by atoms with Gasteiger partial charge < -0.3 is 10.4 Å². The molecule has 0 aromatic carbocycles. The molecule has 1 amide bonds. The third kappa shape index (κ3) is 3.00. The van der Waals surface area contributed by atoms with Crippen molar-refractivity contribution in [1.82, 2.24) is 9.88 Å². The van der Waals surface area contributed by atoms with Crippen LogP contribution >= 0.6 is 11.3 Å². The summed E-state index contributed by atoms with van der Waals surface area (Å²) in [5, 5.41) is 11.5. The van der Waals surface area contributed by atoms with Crippen molar-refractivity contribution in [3.05, 3.63) is 20.7 Å². The normalized spacial score (nSPS) is 14.7. The topological polar surface area (TPSA) is 88.4 Å². The van der Waals surface area contributed by atoms with E-state index in [0.717, 1.165) is 15.9 Å². The van der Waals surface area contributed by atoms with Crippen LogP contribution in [0.25, 0.3) is 0 Å². The number of nitrogens with one attached hydrogen (secondary N) is 1. The summed E-state index contributed by atoms with van der Waals surface area (Å²) in [7, 11) is 0. The number of carboxylic acid groups (broad SMARTS) is 1. The van der Waals surface area contributed by atoms with Gasteiger partial charge in [0.1, 0.15) is 6.54 Å². The number of alkyl halides is 3. The van der Waals surface area contributed by atoms with Crippen molar-refractivity contribution in [2.75, 3.05) is 0 Å². The van der Waals surface area contributed by atoms with Crippen molar-refractivity contribution in [1.29, 1.82) is 0 Å². The van der Waals surface area contributed by atoms with E-state index in [1.807, 2.05) is 0 Å². The van der Waals surface area contributed by atoms with Crippen molar-refractivity contribution in [2.45, 2.75) is 32.1 Å². The van der Waals surface area contributed by atoms with Crippen molar-refractivity contribution in [3.8, 4) is 0 Å². The van der Waals surface area contributed by atoms with Crippen LogP contribution in [0, 0.1) is 6.92 Å². The highest BCUT2D eigenvalue weighted by Crippen LogP contribution is 2.30. The Kier molecular flexibility index (Phi) is 4.27. The van der Waals surface area contributed by atoms with Crippen LogP contribution in [-0.2, 0) is 16.1 Å². The molecule has 1 heterocycles. The van der Waals surface area contributed by atoms with Gasteiger partial charge in [0, 0.05) is 11.1 Å². The first-order valence-electron chi connectivity index (χ1n) is 5.25. The van der Waals surface area contributed by atoms with Crippen LogP contribution in [0.1, 0.15) is 12.6 Å². The summed E-state index contributed by atoms with van der Waals surface area (Å²) >= 11 is 0.792. The minimum Gasteiger partial charge on any atom is -0.479 e. The lowest BCUT2D eigenvalue weighted by molar-refractivity contribution is -0.207. The number of carbonyl (C=O) groups excluding carboxylic acids is 1. The molecule has 0 aliphatic carbocycles. The van der Waals surface area contributed by atoms with Gasteiger partial charge in [-0.1, -0.05) is 11.3 Å². The number of hydrogen-bond donors (Lipinski definition) is 2. The van der Waals surface area contributed by atoms with E-state index in [9.17, 15) is 27.6 Å². The minimum atomic E-state index is -5.16. The summed E-state index contributed by atoms with van der Waals surface area (Å²) < 4.78 is 39.0. The van der Waals surface area contributed by atoms with Crippen LogP contribution < -0.4 is 10.2 Å². The zero-order valence-electron chi connectivity index (χ0n) is 10.4. The maximum absolute atomic E-state index is 12.7. The lowest BCUT2D eigenvalue weighted by Crippen LogP contribution is -2.62. The van der Waals surface area contributed by atoms with E-state index < -0.39 is 35.0 Å². The van der Waals surface area contributed by atoms with Gasteiger partial charge in [-0.25, -0.2) is 4.79 Å². The summed E-state index contributed by atoms with van der Waals surface area (Å²) in [6.07, 6.45) is -5.16. The summed E-state index contributed by atoms with van der Waals surface area (Å²) in [5.74, 6) is -3.44. The zero-order chi connectivity index (χ0) is 15.7. The molecule has 1 rings (SSSR count). The number of carbonyl (C=O) groups is 2. The van der Waals surface area contributed by atoms with E-state index in [1.54, 1.807) is 0 Å². The molecule has 0 aliphatic heterocycles. The summed E-state index contributed by atoms with van der Waals surface area (Å²) in [6.45, 7) is 1.18. The number of aromatic nitrogens is 1. The number of halogens is 3. The highest BCUT2D eigenvalue weighted by atomic mass is 32.1. The Morgan fingerprint density at radius 3 is 2.35 bits per heavy atom. The van der Waals surface area contributed by atoms with Crippen LogP contribution in [0.15, 0.2) is 10.2 Å². The van der Waals surface area contributed by atoms with E-state index in [0.29, 0.717) is 12.6 Å². The number of amides is 1. The van der Waals surface area contributed by atoms with Crippen molar-refractivity contribution < 1.29 is 27.9 Å². The van der Waals surface area contributed by atoms with E-state index in [2.05, 4.69) is 0 Å². The Morgan fingerprint density at radius 1 is 1.45 bits per heavy atom.